The molecule has 2 aromatic carbocycles. The van der Waals surface area contributed by atoms with E-state index in [4.69, 9.17) is 21.3 Å². The van der Waals surface area contributed by atoms with Crippen LogP contribution in [0.5, 0.6) is 5.75 Å². The fraction of sp³-hybridized carbons (Fsp3) is 0.364. The number of rotatable bonds is 9. The molecule has 6 nitrogen and oxygen atoms in total. The van der Waals surface area contributed by atoms with E-state index in [1.807, 2.05) is 67.4 Å². The minimum Gasteiger partial charge on any atom is -0.492 e. The second kappa shape index (κ2) is 14.1. The van der Waals surface area contributed by atoms with Crippen LogP contribution >= 0.6 is 35.6 Å². The zero-order valence-corrected chi connectivity index (χ0v) is 20.7. The molecular weight excluding hydrogens is 515 g/mol. The van der Waals surface area contributed by atoms with Crippen LogP contribution in [0.1, 0.15) is 22.8 Å². The third-order valence-corrected chi connectivity index (χ3v) is 4.54. The van der Waals surface area contributed by atoms with Crippen molar-refractivity contribution in [2.75, 3.05) is 40.3 Å². The number of guanidine groups is 1. The van der Waals surface area contributed by atoms with Crippen molar-refractivity contribution >= 4 is 47.4 Å². The summed E-state index contributed by atoms with van der Waals surface area (Å²) in [6, 6.07) is 15.0. The molecule has 30 heavy (non-hydrogen) atoms. The Hall–Kier alpha value is -2.00. The SMILES string of the molecule is CCNC(=NCCc1cccc(C(=O)NC)c1)N(C)CCOc1ccc(Cl)cc1.I. The number of aliphatic imine (C=N–C) groups is 1. The normalized spacial score (nSPS) is 10.7. The summed E-state index contributed by atoms with van der Waals surface area (Å²) in [6.45, 7) is 4.69. The smallest absolute Gasteiger partial charge is 0.251 e. The van der Waals surface area contributed by atoms with E-state index < -0.39 is 0 Å². The first-order chi connectivity index (χ1) is 14.0. The number of ether oxygens (including phenoxy) is 1. The maximum Gasteiger partial charge on any atom is 0.251 e. The lowest BCUT2D eigenvalue weighted by molar-refractivity contribution is 0.0963. The summed E-state index contributed by atoms with van der Waals surface area (Å²) in [5, 5.41) is 6.64. The van der Waals surface area contributed by atoms with Crippen molar-refractivity contribution in [3.05, 3.63) is 64.7 Å². The Morgan fingerprint density at radius 3 is 2.60 bits per heavy atom. The van der Waals surface area contributed by atoms with Crippen molar-refractivity contribution in [2.24, 2.45) is 4.99 Å². The molecule has 0 bridgehead atoms. The number of nitrogens with zero attached hydrogens (tertiary/aromatic N) is 2. The number of nitrogens with one attached hydrogen (secondary N) is 2. The molecule has 1 amide bonds. The lowest BCUT2D eigenvalue weighted by atomic mass is 10.1. The zero-order chi connectivity index (χ0) is 21.1. The molecule has 0 atom stereocenters. The largest absolute Gasteiger partial charge is 0.492 e. The minimum atomic E-state index is -0.0795. The topological polar surface area (TPSA) is 66.0 Å². The number of carbonyl (C=O) groups is 1. The molecule has 2 aromatic rings. The summed E-state index contributed by atoms with van der Waals surface area (Å²) in [5.41, 5.74) is 1.75. The Kier molecular flexibility index (Phi) is 12.2. The molecular formula is C22H30ClIN4O2. The first kappa shape index (κ1) is 26.0. The lowest BCUT2D eigenvalue weighted by Gasteiger charge is -2.22. The third kappa shape index (κ3) is 8.79. The molecule has 0 saturated heterocycles. The van der Waals surface area contributed by atoms with Gasteiger partial charge < -0.3 is 20.3 Å². The van der Waals surface area contributed by atoms with Crippen molar-refractivity contribution in [1.29, 1.82) is 0 Å². The van der Waals surface area contributed by atoms with Crippen LogP contribution in [0.4, 0.5) is 0 Å². The molecule has 0 spiro atoms. The van der Waals surface area contributed by atoms with Gasteiger partial charge in [0.2, 0.25) is 0 Å². The molecule has 0 radical (unpaired) electrons. The van der Waals surface area contributed by atoms with Gasteiger partial charge in [-0.3, -0.25) is 9.79 Å². The summed E-state index contributed by atoms with van der Waals surface area (Å²) in [5.74, 6) is 1.54. The van der Waals surface area contributed by atoms with Crippen molar-refractivity contribution in [1.82, 2.24) is 15.5 Å². The van der Waals surface area contributed by atoms with Gasteiger partial charge in [-0.1, -0.05) is 23.7 Å². The quantitative estimate of drug-likeness (QED) is 0.286. The number of hydrogen-bond acceptors (Lipinski definition) is 3. The maximum atomic E-state index is 11.8. The number of benzene rings is 2. The van der Waals surface area contributed by atoms with E-state index in [9.17, 15) is 4.79 Å². The third-order valence-electron chi connectivity index (χ3n) is 4.28. The van der Waals surface area contributed by atoms with E-state index in [0.717, 1.165) is 30.2 Å². The van der Waals surface area contributed by atoms with Crippen LogP contribution in [0.25, 0.3) is 0 Å². The fourth-order valence-corrected chi connectivity index (χ4v) is 2.84. The molecule has 0 aromatic heterocycles. The highest BCUT2D eigenvalue weighted by molar-refractivity contribution is 14.0. The van der Waals surface area contributed by atoms with Crippen LogP contribution in [0.3, 0.4) is 0 Å². The van der Waals surface area contributed by atoms with Gasteiger partial charge in [-0.2, -0.15) is 0 Å². The highest BCUT2D eigenvalue weighted by atomic mass is 127. The molecule has 0 aliphatic heterocycles. The van der Waals surface area contributed by atoms with E-state index in [2.05, 4.69) is 10.6 Å². The standard InChI is InChI=1S/C22H29ClN4O2.HI/c1-4-25-22(27(3)14-15-29-20-10-8-19(23)9-11-20)26-13-12-17-6-5-7-18(16-17)21(28)24-2;/h5-11,16H,4,12-15H2,1-3H3,(H,24,28)(H,25,26);1H. The van der Waals surface area contributed by atoms with Gasteiger partial charge in [0.05, 0.1) is 6.54 Å². The molecule has 0 saturated carbocycles. The molecule has 2 rings (SSSR count). The summed E-state index contributed by atoms with van der Waals surface area (Å²) in [7, 11) is 3.62. The van der Waals surface area contributed by atoms with Gasteiger partial charge in [0.25, 0.3) is 5.91 Å². The van der Waals surface area contributed by atoms with Gasteiger partial charge >= 0.3 is 0 Å². The van der Waals surface area contributed by atoms with E-state index in [-0.39, 0.29) is 29.9 Å². The van der Waals surface area contributed by atoms with E-state index >= 15 is 0 Å². The van der Waals surface area contributed by atoms with Gasteiger partial charge in [-0.05, 0) is 55.3 Å². The van der Waals surface area contributed by atoms with Crippen LogP contribution in [-0.2, 0) is 6.42 Å². The second-order valence-corrected chi connectivity index (χ2v) is 6.93. The first-order valence-electron chi connectivity index (χ1n) is 9.72. The Morgan fingerprint density at radius 1 is 1.20 bits per heavy atom. The van der Waals surface area contributed by atoms with Crippen LogP contribution < -0.4 is 15.4 Å². The van der Waals surface area contributed by atoms with E-state index in [1.54, 1.807) is 7.05 Å². The number of likely N-dealkylation sites (N-methyl/N-ethyl adjacent to an activating group) is 1. The zero-order valence-electron chi connectivity index (χ0n) is 17.7. The van der Waals surface area contributed by atoms with Crippen molar-refractivity contribution < 1.29 is 9.53 Å². The number of amides is 1. The number of halogens is 2. The fourth-order valence-electron chi connectivity index (χ4n) is 2.71. The van der Waals surface area contributed by atoms with Crippen LogP contribution in [0, 0.1) is 0 Å². The molecule has 2 N–H and O–H groups in total. The van der Waals surface area contributed by atoms with E-state index in [0.29, 0.717) is 30.3 Å². The Morgan fingerprint density at radius 2 is 1.93 bits per heavy atom. The van der Waals surface area contributed by atoms with Crippen LogP contribution in [0.15, 0.2) is 53.5 Å². The molecule has 0 fully saturated rings. The first-order valence-corrected chi connectivity index (χ1v) is 10.1. The van der Waals surface area contributed by atoms with Crippen LogP contribution in [-0.4, -0.2) is 57.1 Å². The minimum absolute atomic E-state index is 0. The summed E-state index contributed by atoms with van der Waals surface area (Å²) >= 11 is 5.89. The number of carbonyl (C=O) groups excluding carboxylic acids is 1. The highest BCUT2D eigenvalue weighted by Gasteiger charge is 2.07. The predicted molar refractivity (Wildman–Crippen MR) is 135 cm³/mol. The highest BCUT2D eigenvalue weighted by Crippen LogP contribution is 2.15. The summed E-state index contributed by atoms with van der Waals surface area (Å²) in [6.07, 6.45) is 0.759. The molecule has 0 unspecified atom stereocenters. The summed E-state index contributed by atoms with van der Waals surface area (Å²) in [4.78, 5) is 18.5. The average Bonchev–Trinajstić information content (AvgIpc) is 2.74. The van der Waals surface area contributed by atoms with Crippen molar-refractivity contribution in [3.63, 3.8) is 0 Å². The van der Waals surface area contributed by atoms with Gasteiger partial charge in [0.1, 0.15) is 12.4 Å². The van der Waals surface area contributed by atoms with Gasteiger partial charge in [0, 0.05) is 37.8 Å². The molecule has 0 heterocycles. The lowest BCUT2D eigenvalue weighted by Crippen LogP contribution is -2.41. The van der Waals surface area contributed by atoms with Gasteiger partial charge in [-0.15, -0.1) is 24.0 Å². The molecule has 0 aliphatic carbocycles. The van der Waals surface area contributed by atoms with Crippen LogP contribution in [0.2, 0.25) is 5.02 Å². The van der Waals surface area contributed by atoms with Crippen molar-refractivity contribution in [3.8, 4) is 5.75 Å². The average molecular weight is 545 g/mol. The van der Waals surface area contributed by atoms with Gasteiger partial charge in [0.15, 0.2) is 5.96 Å². The van der Waals surface area contributed by atoms with Gasteiger partial charge in [-0.25, -0.2) is 0 Å². The molecule has 8 heteroatoms. The Bertz CT molecular complexity index is 815. The molecule has 0 aliphatic rings. The number of hydrogen-bond donors (Lipinski definition) is 2. The Labute approximate surface area is 201 Å². The van der Waals surface area contributed by atoms with Crippen molar-refractivity contribution in [2.45, 2.75) is 13.3 Å². The van der Waals surface area contributed by atoms with E-state index in [1.165, 1.54) is 0 Å². The Balaban J connectivity index is 0.00000450. The molecule has 164 valence electrons. The predicted octanol–water partition coefficient (Wildman–Crippen LogP) is 3.84. The summed E-state index contributed by atoms with van der Waals surface area (Å²) < 4.78 is 5.76. The maximum absolute atomic E-state index is 11.8. The monoisotopic (exact) mass is 544 g/mol. The second-order valence-electron chi connectivity index (χ2n) is 6.49.